The summed E-state index contributed by atoms with van der Waals surface area (Å²) in [6.45, 7) is 10.3. The third kappa shape index (κ3) is 1.03. The molecule has 0 N–H and O–H groups in total. The number of rotatable bonds is 2. The van der Waals surface area contributed by atoms with Gasteiger partial charge in [0.05, 0.1) is 6.10 Å². The van der Waals surface area contributed by atoms with Crippen molar-refractivity contribution in [2.45, 2.75) is 53.1 Å². The van der Waals surface area contributed by atoms with Crippen LogP contribution >= 0.6 is 0 Å². The van der Waals surface area contributed by atoms with E-state index in [1.54, 1.807) is 0 Å². The van der Waals surface area contributed by atoms with Crippen LogP contribution in [0.2, 0.25) is 0 Å². The summed E-state index contributed by atoms with van der Waals surface area (Å²) in [7, 11) is 0. The number of hydrogen-bond acceptors (Lipinski definition) is 1. The topological polar surface area (TPSA) is 9.23 Å². The lowest BCUT2D eigenvalue weighted by molar-refractivity contribution is -0.228. The smallest absolute Gasteiger partial charge is 0.0633 e. The van der Waals surface area contributed by atoms with E-state index < -0.39 is 0 Å². The predicted octanol–water partition coefficient (Wildman–Crippen LogP) is 3.24. The highest BCUT2D eigenvalue weighted by atomic mass is 16.5. The van der Waals surface area contributed by atoms with Crippen LogP contribution in [0.15, 0.2) is 0 Å². The summed E-state index contributed by atoms with van der Waals surface area (Å²) in [6, 6.07) is 0. The second kappa shape index (κ2) is 2.73. The van der Waals surface area contributed by atoms with Crippen molar-refractivity contribution in [3.05, 3.63) is 0 Å². The van der Waals surface area contributed by atoms with Gasteiger partial charge in [0.25, 0.3) is 0 Å². The molecular formula is C12H22O. The van der Waals surface area contributed by atoms with Gasteiger partial charge in [0, 0.05) is 6.61 Å². The third-order valence-corrected chi connectivity index (χ3v) is 5.02. The Balaban J connectivity index is 2.15. The minimum atomic E-state index is 0.464. The molecule has 3 atom stereocenters. The molecule has 0 heterocycles. The maximum absolute atomic E-state index is 5.87. The highest BCUT2D eigenvalue weighted by molar-refractivity contribution is 5.12. The molecule has 3 unspecified atom stereocenters. The highest BCUT2D eigenvalue weighted by Crippen LogP contribution is 2.67. The van der Waals surface area contributed by atoms with Gasteiger partial charge in [-0.15, -0.1) is 0 Å². The number of hydrogen-bond donors (Lipinski definition) is 0. The fourth-order valence-electron chi connectivity index (χ4n) is 3.51. The Morgan fingerprint density at radius 1 is 1.23 bits per heavy atom. The second-order valence-electron chi connectivity index (χ2n) is 5.56. The van der Waals surface area contributed by atoms with E-state index in [0.717, 1.165) is 12.5 Å². The summed E-state index contributed by atoms with van der Waals surface area (Å²) in [6.07, 6.45) is 4.59. The third-order valence-electron chi connectivity index (χ3n) is 5.02. The summed E-state index contributed by atoms with van der Waals surface area (Å²) in [5.41, 5.74) is 0.983. The number of ether oxygens (including phenoxy) is 1. The molecule has 3 saturated carbocycles. The Morgan fingerprint density at radius 3 is 2.46 bits per heavy atom. The molecule has 0 aromatic heterocycles. The lowest BCUT2D eigenvalue weighted by Gasteiger charge is -2.67. The van der Waals surface area contributed by atoms with Gasteiger partial charge in [-0.2, -0.15) is 0 Å². The van der Waals surface area contributed by atoms with E-state index in [9.17, 15) is 0 Å². The largest absolute Gasteiger partial charge is 0.378 e. The fourth-order valence-corrected chi connectivity index (χ4v) is 3.51. The van der Waals surface area contributed by atoms with Crippen molar-refractivity contribution in [1.29, 1.82) is 0 Å². The maximum Gasteiger partial charge on any atom is 0.0633 e. The molecule has 1 nitrogen and oxygen atoms in total. The molecule has 2 bridgehead atoms. The van der Waals surface area contributed by atoms with Crippen molar-refractivity contribution in [2.75, 3.05) is 6.61 Å². The van der Waals surface area contributed by atoms with Gasteiger partial charge in [-0.25, -0.2) is 0 Å². The maximum atomic E-state index is 5.87. The Kier molecular flexibility index (Phi) is 1.99. The lowest BCUT2D eigenvalue weighted by atomic mass is 9.39. The molecule has 0 aromatic rings. The van der Waals surface area contributed by atoms with Gasteiger partial charge in [-0.05, 0) is 42.9 Å². The van der Waals surface area contributed by atoms with Crippen LogP contribution in [0.1, 0.15) is 47.0 Å². The molecule has 3 aliphatic rings. The van der Waals surface area contributed by atoms with E-state index in [0.29, 0.717) is 16.9 Å². The van der Waals surface area contributed by atoms with Crippen molar-refractivity contribution >= 4 is 0 Å². The van der Waals surface area contributed by atoms with Crippen LogP contribution < -0.4 is 0 Å². The number of fused-ring (bicyclic) bond motifs is 2. The van der Waals surface area contributed by atoms with E-state index in [-0.39, 0.29) is 0 Å². The molecule has 0 amide bonds. The van der Waals surface area contributed by atoms with Gasteiger partial charge in [0.2, 0.25) is 0 Å². The Hall–Kier alpha value is -0.0400. The summed E-state index contributed by atoms with van der Waals surface area (Å²) >= 11 is 0. The van der Waals surface area contributed by atoms with E-state index in [1.165, 1.54) is 19.3 Å². The zero-order valence-corrected chi connectivity index (χ0v) is 9.39. The average Bonchev–Trinajstić information content (AvgIpc) is 2.08. The minimum absolute atomic E-state index is 0.464. The molecule has 0 aromatic carbocycles. The fraction of sp³-hybridized carbons (Fsp3) is 1.00. The summed E-state index contributed by atoms with van der Waals surface area (Å²) < 4.78 is 5.87. The molecule has 76 valence electrons. The van der Waals surface area contributed by atoms with Crippen molar-refractivity contribution < 1.29 is 4.74 Å². The molecule has 3 fully saturated rings. The van der Waals surface area contributed by atoms with E-state index >= 15 is 0 Å². The van der Waals surface area contributed by atoms with E-state index in [4.69, 9.17) is 4.74 Å². The van der Waals surface area contributed by atoms with E-state index in [1.807, 2.05) is 0 Å². The van der Waals surface area contributed by atoms with Crippen LogP contribution in [0.3, 0.4) is 0 Å². The average molecular weight is 182 g/mol. The first-order chi connectivity index (χ1) is 6.02. The van der Waals surface area contributed by atoms with Crippen LogP contribution in [-0.2, 0) is 4.74 Å². The van der Waals surface area contributed by atoms with Crippen LogP contribution in [0.25, 0.3) is 0 Å². The summed E-state index contributed by atoms with van der Waals surface area (Å²) in [5, 5.41) is 0. The molecule has 0 saturated heterocycles. The second-order valence-corrected chi connectivity index (χ2v) is 5.56. The van der Waals surface area contributed by atoms with Gasteiger partial charge in [-0.1, -0.05) is 20.8 Å². The Bertz CT molecular complexity index is 207. The zero-order chi connectivity index (χ0) is 9.69. The first kappa shape index (κ1) is 9.51. The molecule has 0 radical (unpaired) electrons. The van der Waals surface area contributed by atoms with Gasteiger partial charge in [0.1, 0.15) is 0 Å². The van der Waals surface area contributed by atoms with Crippen molar-refractivity contribution in [2.24, 2.45) is 16.7 Å². The van der Waals surface area contributed by atoms with Gasteiger partial charge < -0.3 is 4.74 Å². The molecule has 3 rings (SSSR count). The monoisotopic (exact) mass is 182 g/mol. The summed E-state index contributed by atoms with van der Waals surface area (Å²) in [4.78, 5) is 0. The van der Waals surface area contributed by atoms with Gasteiger partial charge in [-0.3, -0.25) is 0 Å². The molecule has 0 aliphatic heterocycles. The van der Waals surface area contributed by atoms with Crippen LogP contribution in [0, 0.1) is 16.7 Å². The van der Waals surface area contributed by atoms with E-state index in [2.05, 4.69) is 27.7 Å². The van der Waals surface area contributed by atoms with Gasteiger partial charge in [0.15, 0.2) is 0 Å². The van der Waals surface area contributed by atoms with Crippen molar-refractivity contribution in [3.8, 4) is 0 Å². The molecule has 3 aliphatic carbocycles. The van der Waals surface area contributed by atoms with Gasteiger partial charge >= 0.3 is 0 Å². The molecule has 1 heteroatoms. The van der Waals surface area contributed by atoms with Crippen LogP contribution in [0.4, 0.5) is 0 Å². The predicted molar refractivity (Wildman–Crippen MR) is 54.6 cm³/mol. The first-order valence-electron chi connectivity index (χ1n) is 5.64. The molecular weight excluding hydrogens is 160 g/mol. The highest BCUT2D eigenvalue weighted by Gasteiger charge is 2.63. The van der Waals surface area contributed by atoms with Crippen LogP contribution in [-0.4, -0.2) is 12.7 Å². The SMILES string of the molecule is CCOC1CCC2CC1(C)C2(C)C. The zero-order valence-electron chi connectivity index (χ0n) is 9.39. The lowest BCUT2D eigenvalue weighted by Crippen LogP contribution is -2.63. The molecule has 13 heavy (non-hydrogen) atoms. The Labute approximate surface area is 81.9 Å². The normalized spacial score (nSPS) is 47.1. The first-order valence-corrected chi connectivity index (χ1v) is 5.64. The Morgan fingerprint density at radius 2 is 1.92 bits per heavy atom. The van der Waals surface area contributed by atoms with Crippen molar-refractivity contribution in [3.63, 3.8) is 0 Å². The standard InChI is InChI=1S/C12H22O/c1-5-13-10-7-6-9-8-12(10,4)11(9,2)3/h9-10H,5-8H2,1-4H3. The quantitative estimate of drug-likeness (QED) is 0.637. The minimum Gasteiger partial charge on any atom is -0.378 e. The summed E-state index contributed by atoms with van der Waals surface area (Å²) in [5.74, 6) is 0.967. The van der Waals surface area contributed by atoms with Crippen molar-refractivity contribution in [1.82, 2.24) is 0 Å². The van der Waals surface area contributed by atoms with Crippen LogP contribution in [0.5, 0.6) is 0 Å². The molecule has 0 spiro atoms.